The zero-order valence-corrected chi connectivity index (χ0v) is 23.1. The Balaban J connectivity index is 0.00000544. The number of rotatable bonds is 11. The molecule has 1 saturated heterocycles. The highest BCUT2D eigenvalue weighted by molar-refractivity contribution is 14.0. The lowest BCUT2D eigenvalue weighted by atomic mass is 10.2. The summed E-state index contributed by atoms with van der Waals surface area (Å²) in [6, 6.07) is 3.83. The summed E-state index contributed by atoms with van der Waals surface area (Å²) in [5, 5.41) is 6.67. The Morgan fingerprint density at radius 1 is 1.15 bits per heavy atom. The minimum atomic E-state index is 0. The van der Waals surface area contributed by atoms with E-state index in [1.807, 2.05) is 33.2 Å². The van der Waals surface area contributed by atoms with Crippen LogP contribution in [0.5, 0.6) is 17.2 Å². The van der Waals surface area contributed by atoms with E-state index >= 15 is 0 Å². The fourth-order valence-electron chi connectivity index (χ4n) is 3.90. The first kappa shape index (κ1) is 29.1. The van der Waals surface area contributed by atoms with Crippen LogP contribution in [0.1, 0.15) is 31.7 Å². The molecule has 1 unspecified atom stereocenters. The van der Waals surface area contributed by atoms with E-state index in [2.05, 4.69) is 15.5 Å². The third-order valence-electron chi connectivity index (χ3n) is 5.49. The average molecular weight is 578 g/mol. The standard InChI is InChI=1S/C23H39N5O4.HI/c1-7-24-23(25-11-9-13-28-12-8-10-18(28)22(29)27(2)3)26-16-17-14-19(30-4)21(32-6)20(15-17)31-5;/h14-15,18H,7-13,16H2,1-6H3,(H2,24,25,26);1H. The van der Waals surface area contributed by atoms with Gasteiger partial charge in [-0.2, -0.15) is 0 Å². The van der Waals surface area contributed by atoms with Gasteiger partial charge in [-0.25, -0.2) is 4.99 Å². The molecule has 33 heavy (non-hydrogen) atoms. The van der Waals surface area contributed by atoms with Crippen LogP contribution in [0.3, 0.4) is 0 Å². The van der Waals surface area contributed by atoms with Crippen LogP contribution in [0, 0.1) is 0 Å². The van der Waals surface area contributed by atoms with Crippen molar-refractivity contribution in [2.24, 2.45) is 4.99 Å². The lowest BCUT2D eigenvalue weighted by Gasteiger charge is -2.26. The number of nitrogens with zero attached hydrogens (tertiary/aromatic N) is 3. The van der Waals surface area contributed by atoms with E-state index in [9.17, 15) is 4.79 Å². The van der Waals surface area contributed by atoms with Crippen LogP contribution >= 0.6 is 24.0 Å². The fourth-order valence-corrected chi connectivity index (χ4v) is 3.90. The van der Waals surface area contributed by atoms with E-state index in [1.165, 1.54) is 0 Å². The lowest BCUT2D eigenvalue weighted by molar-refractivity contribution is -0.133. The van der Waals surface area contributed by atoms with Gasteiger partial charge in [0.05, 0.1) is 33.9 Å². The molecule has 0 spiro atoms. The Hall–Kier alpha value is -1.95. The summed E-state index contributed by atoms with van der Waals surface area (Å²) in [5.74, 6) is 2.75. The molecule has 188 valence electrons. The second-order valence-corrected chi connectivity index (χ2v) is 7.94. The SMILES string of the molecule is CCNC(=NCc1cc(OC)c(OC)c(OC)c1)NCCCN1CCCC1C(=O)N(C)C.I. The van der Waals surface area contributed by atoms with Gasteiger partial charge in [0.1, 0.15) is 0 Å². The Morgan fingerprint density at radius 3 is 2.36 bits per heavy atom. The maximum absolute atomic E-state index is 12.3. The van der Waals surface area contributed by atoms with Gasteiger partial charge in [0.15, 0.2) is 17.5 Å². The zero-order chi connectivity index (χ0) is 23.5. The van der Waals surface area contributed by atoms with Crippen molar-refractivity contribution in [2.45, 2.75) is 38.8 Å². The first-order chi connectivity index (χ1) is 15.4. The van der Waals surface area contributed by atoms with Gasteiger partial charge in [0.25, 0.3) is 0 Å². The largest absolute Gasteiger partial charge is 0.493 e. The van der Waals surface area contributed by atoms with Crippen molar-refractivity contribution >= 4 is 35.8 Å². The molecule has 10 heteroatoms. The van der Waals surface area contributed by atoms with Crippen molar-refractivity contribution in [3.8, 4) is 17.2 Å². The minimum Gasteiger partial charge on any atom is -0.493 e. The number of hydrogen-bond donors (Lipinski definition) is 2. The number of carbonyl (C=O) groups excluding carboxylic acids is 1. The highest BCUT2D eigenvalue weighted by Gasteiger charge is 2.30. The molecule has 0 radical (unpaired) electrons. The summed E-state index contributed by atoms with van der Waals surface area (Å²) in [4.78, 5) is 21.0. The number of methoxy groups -OCH3 is 3. The minimum absolute atomic E-state index is 0. The predicted octanol–water partition coefficient (Wildman–Crippen LogP) is 2.33. The quantitative estimate of drug-likeness (QED) is 0.181. The molecule has 1 fully saturated rings. The summed E-state index contributed by atoms with van der Waals surface area (Å²) < 4.78 is 16.2. The molecule has 2 rings (SSSR count). The van der Waals surface area contributed by atoms with E-state index in [1.54, 1.807) is 26.2 Å². The average Bonchev–Trinajstić information content (AvgIpc) is 3.26. The summed E-state index contributed by atoms with van der Waals surface area (Å²) in [6.07, 6.45) is 2.96. The number of hydrogen-bond acceptors (Lipinski definition) is 6. The highest BCUT2D eigenvalue weighted by Crippen LogP contribution is 2.38. The van der Waals surface area contributed by atoms with E-state index in [4.69, 9.17) is 19.2 Å². The summed E-state index contributed by atoms with van der Waals surface area (Å²) >= 11 is 0. The summed E-state index contributed by atoms with van der Waals surface area (Å²) in [7, 11) is 8.45. The normalized spacial score (nSPS) is 16.1. The molecule has 0 aromatic heterocycles. The molecule has 1 atom stereocenters. The zero-order valence-electron chi connectivity index (χ0n) is 20.8. The molecule has 1 aromatic carbocycles. The number of carbonyl (C=O) groups is 1. The topological polar surface area (TPSA) is 87.7 Å². The maximum atomic E-state index is 12.3. The van der Waals surface area contributed by atoms with E-state index in [0.29, 0.717) is 23.8 Å². The van der Waals surface area contributed by atoms with Crippen LogP contribution in [0.15, 0.2) is 17.1 Å². The highest BCUT2D eigenvalue weighted by atomic mass is 127. The Kier molecular flexibility index (Phi) is 13.3. The monoisotopic (exact) mass is 577 g/mol. The van der Waals surface area contributed by atoms with Gasteiger partial charge in [-0.3, -0.25) is 9.69 Å². The number of halogens is 1. The van der Waals surface area contributed by atoms with Gasteiger partial charge < -0.3 is 29.7 Å². The number of nitrogens with one attached hydrogen (secondary N) is 2. The van der Waals surface area contributed by atoms with Gasteiger partial charge >= 0.3 is 0 Å². The maximum Gasteiger partial charge on any atom is 0.239 e. The molecule has 9 nitrogen and oxygen atoms in total. The summed E-state index contributed by atoms with van der Waals surface area (Å²) in [5.41, 5.74) is 0.957. The van der Waals surface area contributed by atoms with E-state index in [0.717, 1.165) is 57.0 Å². The van der Waals surface area contributed by atoms with Crippen LogP contribution in [0.2, 0.25) is 0 Å². The molecule has 1 aromatic rings. The third-order valence-corrected chi connectivity index (χ3v) is 5.49. The number of likely N-dealkylation sites (N-methyl/N-ethyl adjacent to an activating group) is 1. The number of guanidine groups is 1. The Bertz CT molecular complexity index is 750. The van der Waals surface area contributed by atoms with Crippen molar-refractivity contribution in [2.75, 3.05) is 61.6 Å². The molecule has 1 aliphatic rings. The second kappa shape index (κ2) is 15.0. The third kappa shape index (κ3) is 8.40. The molecule has 0 saturated carbocycles. The number of amides is 1. The first-order valence-corrected chi connectivity index (χ1v) is 11.2. The van der Waals surface area contributed by atoms with Gasteiger partial charge in [0, 0.05) is 33.7 Å². The molecule has 1 heterocycles. The predicted molar refractivity (Wildman–Crippen MR) is 142 cm³/mol. The van der Waals surface area contributed by atoms with Crippen molar-refractivity contribution in [1.29, 1.82) is 0 Å². The lowest BCUT2D eigenvalue weighted by Crippen LogP contribution is -2.44. The molecule has 0 aliphatic carbocycles. The Labute approximate surface area is 215 Å². The number of aliphatic imine (C=N–C) groups is 1. The van der Waals surface area contributed by atoms with Crippen LogP contribution in [0.4, 0.5) is 0 Å². The molecule has 1 amide bonds. The second-order valence-electron chi connectivity index (χ2n) is 7.94. The van der Waals surface area contributed by atoms with Gasteiger partial charge in [-0.1, -0.05) is 0 Å². The number of likely N-dealkylation sites (tertiary alicyclic amines) is 1. The summed E-state index contributed by atoms with van der Waals surface area (Å²) in [6.45, 7) is 5.94. The molecular weight excluding hydrogens is 537 g/mol. The smallest absolute Gasteiger partial charge is 0.239 e. The molecule has 2 N–H and O–H groups in total. The number of benzene rings is 1. The first-order valence-electron chi connectivity index (χ1n) is 11.2. The van der Waals surface area contributed by atoms with Crippen LogP contribution in [0.25, 0.3) is 0 Å². The van der Waals surface area contributed by atoms with Crippen LogP contribution < -0.4 is 24.8 Å². The van der Waals surface area contributed by atoms with E-state index < -0.39 is 0 Å². The molecular formula is C23H40IN5O4. The van der Waals surface area contributed by atoms with Gasteiger partial charge in [-0.05, 0) is 50.4 Å². The van der Waals surface area contributed by atoms with Crippen molar-refractivity contribution in [3.63, 3.8) is 0 Å². The van der Waals surface area contributed by atoms with Crippen molar-refractivity contribution in [3.05, 3.63) is 17.7 Å². The van der Waals surface area contributed by atoms with E-state index in [-0.39, 0.29) is 35.9 Å². The van der Waals surface area contributed by atoms with Gasteiger partial charge in [0.2, 0.25) is 11.7 Å². The number of ether oxygens (including phenoxy) is 3. The molecule has 1 aliphatic heterocycles. The van der Waals surface area contributed by atoms with Crippen LogP contribution in [-0.4, -0.2) is 89.3 Å². The van der Waals surface area contributed by atoms with Crippen molar-refractivity contribution < 1.29 is 19.0 Å². The van der Waals surface area contributed by atoms with Gasteiger partial charge in [-0.15, -0.1) is 24.0 Å². The molecule has 0 bridgehead atoms. The van der Waals surface area contributed by atoms with Crippen LogP contribution in [-0.2, 0) is 11.3 Å². The fraction of sp³-hybridized carbons (Fsp3) is 0.652. The van der Waals surface area contributed by atoms with Crippen molar-refractivity contribution in [1.82, 2.24) is 20.4 Å². The Morgan fingerprint density at radius 2 is 1.82 bits per heavy atom.